The van der Waals surface area contributed by atoms with E-state index in [9.17, 15) is 17.2 Å². The predicted molar refractivity (Wildman–Crippen MR) is 102 cm³/mol. The minimum Gasteiger partial charge on any atom is -0.338 e. The van der Waals surface area contributed by atoms with Gasteiger partial charge >= 0.3 is 0 Å². The summed E-state index contributed by atoms with van der Waals surface area (Å²) < 4.78 is 57.2. The molecule has 10 heteroatoms. The third-order valence-electron chi connectivity index (χ3n) is 3.78. The molecule has 0 amide bonds. The zero-order valence-corrected chi connectivity index (χ0v) is 16.7. The molecule has 0 saturated heterocycles. The fourth-order valence-electron chi connectivity index (χ4n) is 2.76. The van der Waals surface area contributed by atoms with Crippen molar-refractivity contribution in [1.29, 1.82) is 0 Å². The molecule has 0 fully saturated rings. The van der Waals surface area contributed by atoms with Gasteiger partial charge in [0, 0.05) is 17.8 Å². The van der Waals surface area contributed by atoms with Crippen molar-refractivity contribution in [1.82, 2.24) is 19.3 Å². The molecule has 0 spiro atoms. The molecule has 2 N–H and O–H groups in total. The van der Waals surface area contributed by atoms with Crippen LogP contribution in [0.4, 0.5) is 20.3 Å². The molecule has 0 bridgehead atoms. The molecular formula is C18H21F2N5O2S. The summed E-state index contributed by atoms with van der Waals surface area (Å²) >= 11 is 0. The van der Waals surface area contributed by atoms with Crippen LogP contribution in [0.2, 0.25) is 0 Å². The maximum atomic E-state index is 14.0. The molecule has 3 aromatic rings. The molecule has 0 saturated carbocycles. The van der Waals surface area contributed by atoms with E-state index < -0.39 is 27.2 Å². The second kappa shape index (κ2) is 7.10. The third kappa shape index (κ3) is 3.97. The number of nitrogens with zero attached hydrogens (tertiary/aromatic N) is 3. The predicted octanol–water partition coefficient (Wildman–Crippen LogP) is 3.39. The van der Waals surface area contributed by atoms with Gasteiger partial charge in [-0.25, -0.2) is 26.9 Å². The number of aromatic nitrogens is 3. The van der Waals surface area contributed by atoms with Crippen LogP contribution >= 0.6 is 0 Å². The Morgan fingerprint density at radius 3 is 2.54 bits per heavy atom. The lowest BCUT2D eigenvalue weighted by Gasteiger charge is -2.20. The number of halogens is 2. The van der Waals surface area contributed by atoms with Crippen molar-refractivity contribution in [3.05, 3.63) is 47.8 Å². The maximum absolute atomic E-state index is 14.0. The summed E-state index contributed by atoms with van der Waals surface area (Å²) in [6.45, 7) is 6.97. The van der Waals surface area contributed by atoms with Crippen LogP contribution in [0.15, 0.2) is 35.4 Å². The molecule has 0 unspecified atom stereocenters. The van der Waals surface area contributed by atoms with Crippen molar-refractivity contribution >= 4 is 27.2 Å². The van der Waals surface area contributed by atoms with Gasteiger partial charge in [0.1, 0.15) is 22.3 Å². The Labute approximate surface area is 161 Å². The van der Waals surface area contributed by atoms with Crippen molar-refractivity contribution in [3.8, 4) is 0 Å². The smallest absolute Gasteiger partial charge is 0.246 e. The van der Waals surface area contributed by atoms with Gasteiger partial charge in [0.25, 0.3) is 0 Å². The van der Waals surface area contributed by atoms with E-state index in [-0.39, 0.29) is 22.0 Å². The standard InChI is InChI=1S/C18H21F2N5O2S/c1-5-13-16(28(26,27)24-18(2,3)4)17-21-9-8-15(25(17)23-13)22-14-10-11(19)6-7-12(14)20/h6-10,22,24H,5H2,1-4H3. The van der Waals surface area contributed by atoms with E-state index in [1.54, 1.807) is 27.7 Å². The highest BCUT2D eigenvalue weighted by Crippen LogP contribution is 2.27. The number of fused-ring (bicyclic) bond motifs is 1. The minimum atomic E-state index is -3.91. The first kappa shape index (κ1) is 20.2. The Morgan fingerprint density at radius 1 is 1.18 bits per heavy atom. The maximum Gasteiger partial charge on any atom is 0.246 e. The highest BCUT2D eigenvalue weighted by Gasteiger charge is 2.30. The van der Waals surface area contributed by atoms with Gasteiger partial charge < -0.3 is 5.32 Å². The number of rotatable bonds is 5. The second-order valence-corrected chi connectivity index (χ2v) is 8.92. The molecule has 0 aliphatic carbocycles. The summed E-state index contributed by atoms with van der Waals surface area (Å²) in [5.74, 6) is -1.01. The molecule has 1 aromatic carbocycles. The molecule has 28 heavy (non-hydrogen) atoms. The van der Waals surface area contributed by atoms with Gasteiger partial charge in [0.05, 0.1) is 11.4 Å². The van der Waals surface area contributed by atoms with Crippen molar-refractivity contribution in [2.75, 3.05) is 5.32 Å². The average molecular weight is 409 g/mol. The molecule has 150 valence electrons. The van der Waals surface area contributed by atoms with E-state index in [0.29, 0.717) is 12.1 Å². The normalized spacial score (nSPS) is 12.5. The minimum absolute atomic E-state index is 0.0340. The fraction of sp³-hybridized carbons (Fsp3) is 0.333. The summed E-state index contributed by atoms with van der Waals surface area (Å²) in [5, 5.41) is 7.08. The van der Waals surface area contributed by atoms with Gasteiger partial charge in [-0.1, -0.05) is 6.92 Å². The zero-order chi connectivity index (χ0) is 20.7. The molecular weight excluding hydrogens is 388 g/mol. The van der Waals surface area contributed by atoms with Crippen LogP contribution in [0.25, 0.3) is 5.65 Å². The van der Waals surface area contributed by atoms with E-state index >= 15 is 0 Å². The lowest BCUT2D eigenvalue weighted by atomic mass is 10.1. The first-order chi connectivity index (χ1) is 13.0. The molecule has 0 radical (unpaired) electrons. The van der Waals surface area contributed by atoms with E-state index in [1.807, 2.05) is 0 Å². The Bertz CT molecular complexity index is 1140. The van der Waals surface area contributed by atoms with Crippen LogP contribution in [-0.4, -0.2) is 28.6 Å². The number of benzene rings is 1. The SMILES string of the molecule is CCc1nn2c(Nc3cc(F)ccc3F)ccnc2c1S(=O)(=O)NC(C)(C)C. The summed E-state index contributed by atoms with van der Waals surface area (Å²) in [6, 6.07) is 4.51. The van der Waals surface area contributed by atoms with Gasteiger partial charge in [-0.3, -0.25) is 0 Å². The number of sulfonamides is 1. The second-order valence-electron chi connectivity index (χ2n) is 7.30. The van der Waals surface area contributed by atoms with Crippen molar-refractivity contribution in [2.24, 2.45) is 0 Å². The Balaban J connectivity index is 2.17. The number of hydrogen-bond donors (Lipinski definition) is 2. The monoisotopic (exact) mass is 409 g/mol. The topological polar surface area (TPSA) is 88.4 Å². The summed E-state index contributed by atoms with van der Waals surface area (Å²) in [4.78, 5) is 4.13. The molecule has 7 nitrogen and oxygen atoms in total. The van der Waals surface area contributed by atoms with Crippen LogP contribution in [0.5, 0.6) is 0 Å². The quantitative estimate of drug-likeness (QED) is 0.674. The number of anilines is 2. The molecule has 2 aromatic heterocycles. The Kier molecular flexibility index (Phi) is 5.11. The van der Waals surface area contributed by atoms with Crippen molar-refractivity contribution in [2.45, 2.75) is 44.6 Å². The Hall–Kier alpha value is -2.59. The Morgan fingerprint density at radius 2 is 1.89 bits per heavy atom. The van der Waals surface area contributed by atoms with Gasteiger partial charge in [-0.05, 0) is 45.4 Å². The van der Waals surface area contributed by atoms with Gasteiger partial charge in [0.2, 0.25) is 10.0 Å². The van der Waals surface area contributed by atoms with E-state index in [2.05, 4.69) is 20.1 Å². The zero-order valence-electron chi connectivity index (χ0n) is 15.9. The number of hydrogen-bond acceptors (Lipinski definition) is 5. The van der Waals surface area contributed by atoms with Crippen molar-refractivity contribution < 1.29 is 17.2 Å². The summed E-state index contributed by atoms with van der Waals surface area (Å²) in [6.07, 6.45) is 1.73. The highest BCUT2D eigenvalue weighted by molar-refractivity contribution is 7.89. The molecule has 2 heterocycles. The molecule has 0 aliphatic heterocycles. The van der Waals surface area contributed by atoms with Gasteiger partial charge in [-0.15, -0.1) is 0 Å². The lowest BCUT2D eigenvalue weighted by molar-refractivity contribution is 0.491. The fourth-order valence-corrected chi connectivity index (χ4v) is 4.54. The van der Waals surface area contributed by atoms with Crippen molar-refractivity contribution in [3.63, 3.8) is 0 Å². The lowest BCUT2D eigenvalue weighted by Crippen LogP contribution is -2.40. The largest absolute Gasteiger partial charge is 0.338 e. The van der Waals surface area contributed by atoms with E-state index in [0.717, 1.165) is 18.2 Å². The summed E-state index contributed by atoms with van der Waals surface area (Å²) in [7, 11) is -3.91. The molecule has 0 aliphatic rings. The first-order valence-electron chi connectivity index (χ1n) is 8.64. The first-order valence-corrected chi connectivity index (χ1v) is 10.1. The number of aryl methyl sites for hydroxylation is 1. The van der Waals surface area contributed by atoms with Gasteiger partial charge in [0.15, 0.2) is 5.65 Å². The molecule has 0 atom stereocenters. The van der Waals surface area contributed by atoms with E-state index in [1.165, 1.54) is 16.8 Å². The van der Waals surface area contributed by atoms with Gasteiger partial charge in [-0.2, -0.15) is 9.61 Å². The third-order valence-corrected chi connectivity index (χ3v) is 5.62. The molecule has 3 rings (SSSR count). The average Bonchev–Trinajstić information content (AvgIpc) is 2.96. The van der Waals surface area contributed by atoms with Crippen LogP contribution in [0.3, 0.4) is 0 Å². The van der Waals surface area contributed by atoms with Crippen LogP contribution in [-0.2, 0) is 16.4 Å². The summed E-state index contributed by atoms with van der Waals surface area (Å²) in [5.41, 5.74) is -0.384. The highest BCUT2D eigenvalue weighted by atomic mass is 32.2. The van der Waals surface area contributed by atoms with Crippen LogP contribution in [0, 0.1) is 11.6 Å². The van der Waals surface area contributed by atoms with Crippen LogP contribution in [0.1, 0.15) is 33.4 Å². The van der Waals surface area contributed by atoms with Crippen LogP contribution < -0.4 is 10.0 Å². The van der Waals surface area contributed by atoms with E-state index in [4.69, 9.17) is 0 Å². The number of nitrogens with one attached hydrogen (secondary N) is 2.